The average molecular weight is 466 g/mol. The van der Waals surface area contributed by atoms with Crippen molar-refractivity contribution in [3.8, 4) is 17.2 Å². The number of halogens is 1. The molecule has 0 radical (unpaired) electrons. The Labute approximate surface area is 182 Å². The molecule has 1 N–H and O–H groups in total. The van der Waals surface area contributed by atoms with Crippen LogP contribution in [0, 0.1) is 6.92 Å². The third-order valence-electron chi connectivity index (χ3n) is 4.71. The van der Waals surface area contributed by atoms with E-state index in [0.717, 1.165) is 15.6 Å². The fourth-order valence-corrected chi connectivity index (χ4v) is 3.27. The second kappa shape index (κ2) is 7.91. The summed E-state index contributed by atoms with van der Waals surface area (Å²) in [6, 6.07) is 16.6. The highest BCUT2D eigenvalue weighted by atomic mass is 79.9. The molecule has 0 aliphatic heterocycles. The molecule has 6 nitrogen and oxygen atoms in total. The molecule has 0 aliphatic rings. The first kappa shape index (κ1) is 20.1. The van der Waals surface area contributed by atoms with Gasteiger partial charge in [-0.15, -0.1) is 0 Å². The highest BCUT2D eigenvalue weighted by molar-refractivity contribution is 9.10. The summed E-state index contributed by atoms with van der Waals surface area (Å²) in [4.78, 5) is 21.6. The van der Waals surface area contributed by atoms with E-state index in [-0.39, 0.29) is 5.91 Å². The molecule has 2 aromatic heterocycles. The summed E-state index contributed by atoms with van der Waals surface area (Å²) in [6.07, 6.45) is 1.67. The van der Waals surface area contributed by atoms with Gasteiger partial charge in [0.05, 0.1) is 0 Å². The van der Waals surface area contributed by atoms with Crippen LogP contribution in [0.2, 0.25) is 0 Å². The number of hydrogen-bond donors (Lipinski definition) is 1. The lowest BCUT2D eigenvalue weighted by Crippen LogP contribution is -2.42. The fraction of sp³-hybridized carbons (Fsp3) is 0.174. The first-order valence-corrected chi connectivity index (χ1v) is 10.2. The van der Waals surface area contributed by atoms with Crippen molar-refractivity contribution < 1.29 is 13.9 Å². The SMILES string of the molecule is Cc1c(NC(=O)C(C)(C)Oc2ccc(Br)cc2)cccc1-c1nc2ncccc2o1. The van der Waals surface area contributed by atoms with E-state index in [2.05, 4.69) is 31.2 Å². The van der Waals surface area contributed by atoms with Gasteiger partial charge in [0.2, 0.25) is 5.89 Å². The van der Waals surface area contributed by atoms with Crippen LogP contribution in [-0.4, -0.2) is 21.5 Å². The Morgan fingerprint density at radius 2 is 1.87 bits per heavy atom. The van der Waals surface area contributed by atoms with Crippen LogP contribution in [0.5, 0.6) is 5.75 Å². The highest BCUT2D eigenvalue weighted by Gasteiger charge is 2.30. The van der Waals surface area contributed by atoms with E-state index in [0.29, 0.717) is 28.6 Å². The minimum absolute atomic E-state index is 0.259. The van der Waals surface area contributed by atoms with Gasteiger partial charge < -0.3 is 14.5 Å². The number of aromatic nitrogens is 2. The number of nitrogens with zero attached hydrogens (tertiary/aromatic N) is 2. The van der Waals surface area contributed by atoms with Crippen LogP contribution in [0.3, 0.4) is 0 Å². The Balaban J connectivity index is 1.57. The summed E-state index contributed by atoms with van der Waals surface area (Å²) in [7, 11) is 0. The van der Waals surface area contributed by atoms with Crippen molar-refractivity contribution in [3.63, 3.8) is 0 Å². The number of nitrogens with one attached hydrogen (secondary N) is 1. The molecule has 2 aromatic carbocycles. The highest BCUT2D eigenvalue weighted by Crippen LogP contribution is 2.31. The van der Waals surface area contributed by atoms with Crippen LogP contribution in [-0.2, 0) is 4.79 Å². The topological polar surface area (TPSA) is 77.2 Å². The first-order valence-electron chi connectivity index (χ1n) is 9.41. The molecule has 7 heteroatoms. The van der Waals surface area contributed by atoms with E-state index in [1.165, 1.54) is 0 Å². The number of ether oxygens (including phenoxy) is 1. The van der Waals surface area contributed by atoms with Crippen molar-refractivity contribution in [2.45, 2.75) is 26.4 Å². The van der Waals surface area contributed by atoms with Crippen molar-refractivity contribution in [2.24, 2.45) is 0 Å². The number of anilines is 1. The zero-order chi connectivity index (χ0) is 21.3. The molecule has 0 spiro atoms. The molecule has 30 heavy (non-hydrogen) atoms. The van der Waals surface area contributed by atoms with Gasteiger partial charge in [-0.2, -0.15) is 4.98 Å². The molecule has 0 atom stereocenters. The summed E-state index contributed by atoms with van der Waals surface area (Å²) >= 11 is 3.39. The summed E-state index contributed by atoms with van der Waals surface area (Å²) in [6.45, 7) is 5.38. The smallest absolute Gasteiger partial charge is 0.267 e. The van der Waals surface area contributed by atoms with Gasteiger partial charge in [0.15, 0.2) is 16.8 Å². The van der Waals surface area contributed by atoms with Crippen LogP contribution in [0.4, 0.5) is 5.69 Å². The molecular formula is C23H20BrN3O3. The van der Waals surface area contributed by atoms with Crippen molar-refractivity contribution >= 4 is 38.8 Å². The van der Waals surface area contributed by atoms with Crippen molar-refractivity contribution in [1.29, 1.82) is 0 Å². The van der Waals surface area contributed by atoms with Gasteiger partial charge in [-0.3, -0.25) is 4.79 Å². The second-order valence-corrected chi connectivity index (χ2v) is 8.26. The zero-order valence-corrected chi connectivity index (χ0v) is 18.4. The van der Waals surface area contributed by atoms with Crippen LogP contribution in [0.1, 0.15) is 19.4 Å². The summed E-state index contributed by atoms with van der Waals surface area (Å²) in [5.41, 5.74) is 2.39. The molecule has 152 valence electrons. The summed E-state index contributed by atoms with van der Waals surface area (Å²) in [5.74, 6) is 0.815. The standard InChI is InChI=1S/C23H20BrN3O3/c1-14-17(21-27-20-19(29-21)8-5-13-25-20)6-4-7-18(14)26-22(28)23(2,3)30-16-11-9-15(24)10-12-16/h4-13H,1-3H3,(H,26,28). The maximum atomic E-state index is 13.0. The lowest BCUT2D eigenvalue weighted by atomic mass is 10.0. The zero-order valence-electron chi connectivity index (χ0n) is 16.8. The van der Waals surface area contributed by atoms with Crippen molar-refractivity contribution in [3.05, 3.63) is 70.8 Å². The van der Waals surface area contributed by atoms with Crippen LogP contribution in [0.25, 0.3) is 22.7 Å². The quantitative estimate of drug-likeness (QED) is 0.405. The lowest BCUT2D eigenvalue weighted by molar-refractivity contribution is -0.128. The number of oxazole rings is 1. The maximum absolute atomic E-state index is 13.0. The monoisotopic (exact) mass is 465 g/mol. The number of hydrogen-bond acceptors (Lipinski definition) is 5. The first-order chi connectivity index (χ1) is 14.3. The van der Waals surface area contributed by atoms with Gasteiger partial charge in [-0.25, -0.2) is 4.98 Å². The fourth-order valence-electron chi connectivity index (χ4n) is 3.00. The Bertz CT molecular complexity index is 1180. The van der Waals surface area contributed by atoms with Gasteiger partial charge >= 0.3 is 0 Å². The van der Waals surface area contributed by atoms with Gasteiger partial charge in [-0.05, 0) is 74.9 Å². The van der Waals surface area contributed by atoms with Crippen molar-refractivity contribution in [2.75, 3.05) is 5.32 Å². The normalized spacial score (nSPS) is 11.5. The molecule has 4 rings (SSSR count). The van der Waals surface area contributed by atoms with Gasteiger partial charge in [0.1, 0.15) is 5.75 Å². The maximum Gasteiger partial charge on any atom is 0.267 e. The Kier molecular flexibility index (Phi) is 5.30. The molecule has 0 fully saturated rings. The molecule has 0 saturated heterocycles. The van der Waals surface area contributed by atoms with Gasteiger partial charge in [0, 0.05) is 21.9 Å². The van der Waals surface area contributed by atoms with E-state index >= 15 is 0 Å². The molecule has 0 unspecified atom stereocenters. The second-order valence-electron chi connectivity index (χ2n) is 7.34. The Morgan fingerprint density at radius 3 is 2.60 bits per heavy atom. The third kappa shape index (κ3) is 4.07. The third-order valence-corrected chi connectivity index (χ3v) is 5.24. The predicted molar refractivity (Wildman–Crippen MR) is 119 cm³/mol. The van der Waals surface area contributed by atoms with E-state index in [4.69, 9.17) is 9.15 Å². The van der Waals surface area contributed by atoms with E-state index in [1.54, 1.807) is 26.1 Å². The Morgan fingerprint density at radius 1 is 1.10 bits per heavy atom. The lowest BCUT2D eigenvalue weighted by Gasteiger charge is -2.26. The van der Waals surface area contributed by atoms with E-state index in [1.807, 2.05) is 55.5 Å². The van der Waals surface area contributed by atoms with Gasteiger partial charge in [-0.1, -0.05) is 22.0 Å². The number of fused-ring (bicyclic) bond motifs is 1. The number of carbonyl (C=O) groups is 1. The number of amides is 1. The number of carbonyl (C=O) groups excluding carboxylic acids is 1. The molecule has 0 bridgehead atoms. The molecule has 2 heterocycles. The summed E-state index contributed by atoms with van der Waals surface area (Å²) in [5, 5.41) is 2.97. The number of benzene rings is 2. The molecule has 1 amide bonds. The minimum atomic E-state index is -1.07. The number of pyridine rings is 1. The van der Waals surface area contributed by atoms with E-state index < -0.39 is 5.60 Å². The van der Waals surface area contributed by atoms with Crippen LogP contribution < -0.4 is 10.1 Å². The minimum Gasteiger partial charge on any atom is -0.478 e. The summed E-state index contributed by atoms with van der Waals surface area (Å²) < 4.78 is 12.7. The number of rotatable bonds is 5. The molecular weight excluding hydrogens is 446 g/mol. The molecule has 0 aliphatic carbocycles. The molecule has 4 aromatic rings. The molecule has 0 saturated carbocycles. The van der Waals surface area contributed by atoms with Crippen molar-refractivity contribution in [1.82, 2.24) is 9.97 Å². The predicted octanol–water partition coefficient (Wildman–Crippen LogP) is 5.76. The largest absolute Gasteiger partial charge is 0.478 e. The van der Waals surface area contributed by atoms with Crippen LogP contribution in [0.15, 0.2) is 69.7 Å². The average Bonchev–Trinajstić information content (AvgIpc) is 3.15. The van der Waals surface area contributed by atoms with Gasteiger partial charge in [0.25, 0.3) is 5.91 Å². The Hall–Kier alpha value is -3.19. The van der Waals surface area contributed by atoms with Crippen LogP contribution >= 0.6 is 15.9 Å². The van der Waals surface area contributed by atoms with E-state index in [9.17, 15) is 4.79 Å².